The first-order valence-electron chi connectivity index (χ1n) is 7.48. The number of aromatic nitrogens is 6. The number of hydrogen-bond donors (Lipinski definition) is 0. The van der Waals surface area contributed by atoms with Crippen LogP contribution in [-0.4, -0.2) is 30.0 Å². The molecule has 4 aromatic rings. The molecule has 1 aromatic carbocycles. The van der Waals surface area contributed by atoms with Crippen LogP contribution in [0.4, 0.5) is 13.2 Å². The SMILES string of the molecule is O=c1oc(-c2ccco2)nn1Cc1nnnn1-c1ccc(C(F)(F)F)cc1. The average Bonchev–Trinajstić information content (AvgIpc) is 3.36. The van der Waals surface area contributed by atoms with Crippen LogP contribution in [0, 0.1) is 0 Å². The number of alkyl halides is 3. The van der Waals surface area contributed by atoms with Crippen LogP contribution in [0.15, 0.2) is 56.3 Å². The molecule has 0 saturated carbocycles. The summed E-state index contributed by atoms with van der Waals surface area (Å²) in [5.41, 5.74) is -0.498. The molecule has 3 aromatic heterocycles. The Bertz CT molecular complexity index is 1110. The molecule has 0 saturated heterocycles. The summed E-state index contributed by atoms with van der Waals surface area (Å²) in [5.74, 6) is -0.328. The molecule has 0 fully saturated rings. The Labute approximate surface area is 147 Å². The molecule has 0 aliphatic rings. The molecule has 0 bridgehead atoms. The van der Waals surface area contributed by atoms with E-state index in [1.54, 1.807) is 12.1 Å². The maximum atomic E-state index is 12.7. The van der Waals surface area contributed by atoms with Crippen LogP contribution >= 0.6 is 0 Å². The van der Waals surface area contributed by atoms with E-state index in [9.17, 15) is 18.0 Å². The van der Waals surface area contributed by atoms with E-state index in [1.807, 2.05) is 0 Å². The zero-order valence-electron chi connectivity index (χ0n) is 13.3. The van der Waals surface area contributed by atoms with Gasteiger partial charge in [-0.1, -0.05) is 0 Å². The van der Waals surface area contributed by atoms with E-state index in [-0.39, 0.29) is 24.0 Å². The molecule has 3 heterocycles. The van der Waals surface area contributed by atoms with Gasteiger partial charge in [-0.3, -0.25) is 0 Å². The minimum Gasteiger partial charge on any atom is -0.459 e. The van der Waals surface area contributed by atoms with E-state index < -0.39 is 17.5 Å². The van der Waals surface area contributed by atoms with Gasteiger partial charge in [-0.05, 0) is 46.8 Å². The molecular formula is C15H9F3N6O3. The number of benzene rings is 1. The molecule has 27 heavy (non-hydrogen) atoms. The van der Waals surface area contributed by atoms with Crippen molar-refractivity contribution in [2.24, 2.45) is 0 Å². The maximum absolute atomic E-state index is 12.7. The average molecular weight is 378 g/mol. The maximum Gasteiger partial charge on any atom is 0.437 e. The van der Waals surface area contributed by atoms with Crippen LogP contribution in [0.3, 0.4) is 0 Å². The first kappa shape index (κ1) is 16.8. The van der Waals surface area contributed by atoms with Crippen molar-refractivity contribution in [2.45, 2.75) is 12.7 Å². The highest BCUT2D eigenvalue weighted by Gasteiger charge is 2.30. The summed E-state index contributed by atoms with van der Waals surface area (Å²) in [7, 11) is 0. The van der Waals surface area contributed by atoms with Crippen molar-refractivity contribution in [1.29, 1.82) is 0 Å². The minimum atomic E-state index is -4.45. The summed E-state index contributed by atoms with van der Waals surface area (Å²) < 4.78 is 50.3. The fourth-order valence-electron chi connectivity index (χ4n) is 2.34. The van der Waals surface area contributed by atoms with Crippen LogP contribution < -0.4 is 5.76 Å². The van der Waals surface area contributed by atoms with Crippen molar-refractivity contribution in [3.63, 3.8) is 0 Å². The summed E-state index contributed by atoms with van der Waals surface area (Å²) in [5, 5.41) is 15.0. The molecule has 138 valence electrons. The summed E-state index contributed by atoms with van der Waals surface area (Å²) in [6.45, 7) is -0.156. The Morgan fingerprint density at radius 1 is 1.11 bits per heavy atom. The van der Waals surface area contributed by atoms with Crippen LogP contribution in [0.2, 0.25) is 0 Å². The van der Waals surface area contributed by atoms with Crippen molar-refractivity contribution in [1.82, 2.24) is 30.0 Å². The lowest BCUT2D eigenvalue weighted by molar-refractivity contribution is -0.137. The van der Waals surface area contributed by atoms with E-state index in [0.717, 1.165) is 16.8 Å². The highest BCUT2D eigenvalue weighted by atomic mass is 19.4. The highest BCUT2D eigenvalue weighted by molar-refractivity contribution is 5.42. The third kappa shape index (κ3) is 3.23. The monoisotopic (exact) mass is 378 g/mol. The molecule has 0 radical (unpaired) electrons. The molecule has 0 aliphatic heterocycles. The van der Waals surface area contributed by atoms with Gasteiger partial charge in [0.05, 0.1) is 17.5 Å². The minimum absolute atomic E-state index is 0.0152. The van der Waals surface area contributed by atoms with Gasteiger partial charge in [0.15, 0.2) is 11.6 Å². The smallest absolute Gasteiger partial charge is 0.437 e. The Balaban J connectivity index is 1.63. The molecule has 12 heteroatoms. The third-order valence-corrected chi connectivity index (χ3v) is 3.60. The van der Waals surface area contributed by atoms with E-state index in [1.165, 1.54) is 23.1 Å². The van der Waals surface area contributed by atoms with Gasteiger partial charge < -0.3 is 8.83 Å². The predicted octanol–water partition coefficient (Wildman–Crippen LogP) is 2.14. The topological polar surface area (TPSA) is 105 Å². The molecule has 0 spiro atoms. The van der Waals surface area contributed by atoms with Gasteiger partial charge >= 0.3 is 11.9 Å². The predicted molar refractivity (Wildman–Crippen MR) is 81.7 cm³/mol. The lowest BCUT2D eigenvalue weighted by atomic mass is 10.2. The number of hydrogen-bond acceptors (Lipinski definition) is 7. The number of tetrazole rings is 1. The summed E-state index contributed by atoms with van der Waals surface area (Å²) in [6.07, 6.45) is -3.04. The second kappa shape index (κ2) is 6.23. The molecule has 0 N–H and O–H groups in total. The summed E-state index contributed by atoms with van der Waals surface area (Å²) in [6, 6.07) is 7.46. The van der Waals surface area contributed by atoms with Crippen molar-refractivity contribution in [2.75, 3.05) is 0 Å². The van der Waals surface area contributed by atoms with Gasteiger partial charge in [-0.15, -0.1) is 10.2 Å². The largest absolute Gasteiger partial charge is 0.459 e. The molecule has 9 nitrogen and oxygen atoms in total. The van der Waals surface area contributed by atoms with E-state index in [4.69, 9.17) is 8.83 Å². The highest BCUT2D eigenvalue weighted by Crippen LogP contribution is 2.29. The second-order valence-electron chi connectivity index (χ2n) is 5.36. The zero-order valence-corrected chi connectivity index (χ0v) is 13.3. The quantitative estimate of drug-likeness (QED) is 0.536. The number of halogens is 3. The molecule has 4 rings (SSSR count). The van der Waals surface area contributed by atoms with Gasteiger partial charge in [-0.2, -0.15) is 22.5 Å². The lowest BCUT2D eigenvalue weighted by Crippen LogP contribution is -2.19. The van der Waals surface area contributed by atoms with Crippen LogP contribution in [0.25, 0.3) is 17.3 Å². The van der Waals surface area contributed by atoms with Gasteiger partial charge in [0.2, 0.25) is 0 Å². The Kier molecular flexibility index (Phi) is 3.86. The van der Waals surface area contributed by atoms with Crippen LogP contribution in [-0.2, 0) is 12.7 Å². The Hall–Kier alpha value is -3.70. The lowest BCUT2D eigenvalue weighted by Gasteiger charge is -2.08. The molecule has 0 amide bonds. The van der Waals surface area contributed by atoms with Crippen LogP contribution in [0.5, 0.6) is 0 Å². The van der Waals surface area contributed by atoms with Crippen molar-refractivity contribution < 1.29 is 22.0 Å². The second-order valence-corrected chi connectivity index (χ2v) is 5.36. The van der Waals surface area contributed by atoms with Gasteiger partial charge in [0, 0.05) is 0 Å². The number of rotatable bonds is 4. The molecule has 0 aliphatic carbocycles. The van der Waals surface area contributed by atoms with E-state index >= 15 is 0 Å². The van der Waals surface area contributed by atoms with Gasteiger partial charge in [-0.25, -0.2) is 4.79 Å². The van der Waals surface area contributed by atoms with Crippen molar-refractivity contribution >= 4 is 0 Å². The fourth-order valence-corrected chi connectivity index (χ4v) is 2.34. The first-order chi connectivity index (χ1) is 12.9. The zero-order chi connectivity index (χ0) is 19.0. The summed E-state index contributed by atoms with van der Waals surface area (Å²) >= 11 is 0. The Morgan fingerprint density at radius 2 is 1.89 bits per heavy atom. The van der Waals surface area contributed by atoms with Gasteiger partial charge in [0.25, 0.3) is 5.89 Å². The van der Waals surface area contributed by atoms with Crippen molar-refractivity contribution in [3.8, 4) is 17.3 Å². The third-order valence-electron chi connectivity index (χ3n) is 3.60. The number of furan rings is 1. The van der Waals surface area contributed by atoms with Crippen molar-refractivity contribution in [3.05, 3.63) is 64.6 Å². The van der Waals surface area contributed by atoms with E-state index in [0.29, 0.717) is 5.69 Å². The fraction of sp³-hybridized carbons (Fsp3) is 0.133. The first-order valence-corrected chi connectivity index (χ1v) is 7.48. The normalized spacial score (nSPS) is 11.8. The molecular weight excluding hydrogens is 369 g/mol. The molecule has 0 unspecified atom stereocenters. The van der Waals surface area contributed by atoms with Crippen LogP contribution in [0.1, 0.15) is 11.4 Å². The summed E-state index contributed by atoms with van der Waals surface area (Å²) in [4.78, 5) is 12.0. The number of nitrogens with zero attached hydrogens (tertiary/aromatic N) is 6. The molecule has 0 atom stereocenters. The standard InChI is InChI=1S/C15H9F3N6O3/c16-15(17,18)9-3-5-10(6-4-9)24-12(19-21-22-24)8-23-14(25)27-13(20-23)11-2-1-7-26-11/h1-7H,8H2. The Morgan fingerprint density at radius 3 is 2.56 bits per heavy atom. The van der Waals surface area contributed by atoms with Gasteiger partial charge in [0.1, 0.15) is 6.54 Å². The van der Waals surface area contributed by atoms with E-state index in [2.05, 4.69) is 20.6 Å².